The van der Waals surface area contributed by atoms with Gasteiger partial charge in [0.25, 0.3) is 0 Å². The second-order valence-corrected chi connectivity index (χ2v) is 5.56. The zero-order valence-electron chi connectivity index (χ0n) is 12.7. The zero-order chi connectivity index (χ0) is 16.4. The Bertz CT molecular complexity index is 869. The first-order valence-corrected chi connectivity index (χ1v) is 7.45. The number of azo groups is 1. The van der Waals surface area contributed by atoms with E-state index in [4.69, 9.17) is 11.6 Å². The largest absolute Gasteiger partial charge is 0.508 e. The molecule has 0 fully saturated rings. The van der Waals surface area contributed by atoms with Gasteiger partial charge < -0.3 is 5.11 Å². The van der Waals surface area contributed by atoms with Crippen LogP contribution in [-0.4, -0.2) is 14.9 Å². The minimum Gasteiger partial charge on any atom is -0.508 e. The van der Waals surface area contributed by atoms with Gasteiger partial charge in [0.2, 0.25) is 0 Å². The third-order valence-corrected chi connectivity index (χ3v) is 3.66. The van der Waals surface area contributed by atoms with Gasteiger partial charge in [0, 0.05) is 5.02 Å². The normalized spacial score (nSPS) is 11.3. The van der Waals surface area contributed by atoms with Crippen molar-refractivity contribution in [3.8, 4) is 11.4 Å². The van der Waals surface area contributed by atoms with Crippen LogP contribution in [0.1, 0.15) is 11.4 Å². The smallest absolute Gasteiger partial charge is 0.130 e. The lowest BCUT2D eigenvalue weighted by molar-refractivity contribution is 0.475. The van der Waals surface area contributed by atoms with Gasteiger partial charge >= 0.3 is 0 Å². The summed E-state index contributed by atoms with van der Waals surface area (Å²) in [7, 11) is 0. The van der Waals surface area contributed by atoms with Crippen LogP contribution < -0.4 is 0 Å². The average Bonchev–Trinajstić information content (AvgIpc) is 2.82. The van der Waals surface area contributed by atoms with E-state index in [1.54, 1.807) is 28.9 Å². The molecule has 3 aromatic rings. The Labute approximate surface area is 138 Å². The molecule has 0 aliphatic heterocycles. The van der Waals surface area contributed by atoms with Crippen LogP contribution in [0.15, 0.2) is 58.8 Å². The molecule has 0 saturated heterocycles. The summed E-state index contributed by atoms with van der Waals surface area (Å²) < 4.78 is 1.80. The SMILES string of the molecule is Cc1nn(-c2cccc(Cl)c2)c(C)c1N=Nc1ccc(O)cc1. The van der Waals surface area contributed by atoms with Crippen molar-refractivity contribution < 1.29 is 5.11 Å². The van der Waals surface area contributed by atoms with E-state index in [2.05, 4.69) is 15.3 Å². The monoisotopic (exact) mass is 326 g/mol. The molecule has 1 N–H and O–H groups in total. The van der Waals surface area contributed by atoms with Crippen LogP contribution in [0.3, 0.4) is 0 Å². The standard InChI is InChI=1S/C17H15ClN4O/c1-11-17(20-19-14-6-8-16(23)9-7-14)12(2)22(21-11)15-5-3-4-13(18)10-15/h3-10,23H,1-2H3. The molecule has 0 amide bonds. The number of nitrogens with zero attached hydrogens (tertiary/aromatic N) is 4. The number of rotatable bonds is 3. The summed E-state index contributed by atoms with van der Waals surface area (Å²) >= 11 is 6.04. The molecule has 5 nitrogen and oxygen atoms in total. The molecule has 1 heterocycles. The highest BCUT2D eigenvalue weighted by Crippen LogP contribution is 2.28. The van der Waals surface area contributed by atoms with Crippen LogP contribution in [0.4, 0.5) is 11.4 Å². The number of halogens is 1. The number of aryl methyl sites for hydroxylation is 1. The molecule has 0 unspecified atom stereocenters. The molecule has 116 valence electrons. The number of phenols is 1. The summed E-state index contributed by atoms with van der Waals surface area (Å²) in [6, 6.07) is 14.0. The van der Waals surface area contributed by atoms with Gasteiger partial charge in [-0.05, 0) is 56.3 Å². The minimum atomic E-state index is 0.199. The van der Waals surface area contributed by atoms with Gasteiger partial charge in [-0.1, -0.05) is 17.7 Å². The number of hydrogen-bond acceptors (Lipinski definition) is 4. The first-order valence-electron chi connectivity index (χ1n) is 7.07. The maximum atomic E-state index is 9.29. The fourth-order valence-corrected chi connectivity index (χ4v) is 2.45. The number of hydrogen-bond donors (Lipinski definition) is 1. The van der Waals surface area contributed by atoms with Crippen LogP contribution in [0, 0.1) is 13.8 Å². The molecule has 3 rings (SSSR count). The molecular weight excluding hydrogens is 312 g/mol. The Kier molecular flexibility index (Phi) is 4.12. The Balaban J connectivity index is 1.96. The average molecular weight is 327 g/mol. The molecule has 0 atom stereocenters. The lowest BCUT2D eigenvalue weighted by Gasteiger charge is -2.04. The van der Waals surface area contributed by atoms with Crippen molar-refractivity contribution in [2.45, 2.75) is 13.8 Å². The molecule has 0 bridgehead atoms. The van der Waals surface area contributed by atoms with Gasteiger partial charge in [-0.2, -0.15) is 10.2 Å². The predicted molar refractivity (Wildman–Crippen MR) is 90.3 cm³/mol. The van der Waals surface area contributed by atoms with Crippen LogP contribution in [-0.2, 0) is 0 Å². The maximum Gasteiger partial charge on any atom is 0.130 e. The second kappa shape index (κ2) is 6.22. The molecule has 0 aliphatic rings. The molecular formula is C17H15ClN4O. The second-order valence-electron chi connectivity index (χ2n) is 5.13. The van der Waals surface area contributed by atoms with Crippen molar-refractivity contribution in [2.24, 2.45) is 10.2 Å². The minimum absolute atomic E-state index is 0.199. The van der Waals surface area contributed by atoms with E-state index in [1.165, 1.54) is 0 Å². The van der Waals surface area contributed by atoms with Crippen molar-refractivity contribution in [3.63, 3.8) is 0 Å². The van der Waals surface area contributed by atoms with Gasteiger partial charge in [0.1, 0.15) is 11.4 Å². The van der Waals surface area contributed by atoms with Crippen LogP contribution in [0.5, 0.6) is 5.75 Å². The quantitative estimate of drug-likeness (QED) is 0.667. The predicted octanol–water partition coefficient (Wildman–Crippen LogP) is 5.26. The fraction of sp³-hybridized carbons (Fsp3) is 0.118. The van der Waals surface area contributed by atoms with Gasteiger partial charge in [-0.15, -0.1) is 5.11 Å². The lowest BCUT2D eigenvalue weighted by atomic mass is 10.3. The van der Waals surface area contributed by atoms with Gasteiger partial charge in [0.15, 0.2) is 0 Å². The van der Waals surface area contributed by atoms with E-state index >= 15 is 0 Å². The van der Waals surface area contributed by atoms with Gasteiger partial charge in [-0.3, -0.25) is 0 Å². The topological polar surface area (TPSA) is 62.8 Å². The Morgan fingerprint density at radius 1 is 1.04 bits per heavy atom. The number of phenolic OH excluding ortho intramolecular Hbond substituents is 1. The molecule has 0 radical (unpaired) electrons. The van der Waals surface area contributed by atoms with Crippen LogP contribution >= 0.6 is 11.6 Å². The van der Waals surface area contributed by atoms with Gasteiger partial charge in [-0.25, -0.2) is 4.68 Å². The van der Waals surface area contributed by atoms with Gasteiger partial charge in [0.05, 0.1) is 22.8 Å². The molecule has 0 saturated carbocycles. The number of aromatic nitrogens is 2. The molecule has 0 aliphatic carbocycles. The Hall–Kier alpha value is -2.66. The third-order valence-electron chi connectivity index (χ3n) is 3.42. The molecule has 1 aromatic heterocycles. The summed E-state index contributed by atoms with van der Waals surface area (Å²) in [5, 5.41) is 23.0. The summed E-state index contributed by atoms with van der Waals surface area (Å²) in [6.45, 7) is 3.82. The van der Waals surface area contributed by atoms with E-state index in [0.717, 1.165) is 22.8 Å². The van der Waals surface area contributed by atoms with E-state index in [9.17, 15) is 5.11 Å². The van der Waals surface area contributed by atoms with Crippen molar-refractivity contribution in [2.75, 3.05) is 0 Å². The lowest BCUT2D eigenvalue weighted by Crippen LogP contribution is -1.98. The fourth-order valence-electron chi connectivity index (χ4n) is 2.27. The summed E-state index contributed by atoms with van der Waals surface area (Å²) in [5.74, 6) is 0.199. The highest BCUT2D eigenvalue weighted by molar-refractivity contribution is 6.30. The van der Waals surface area contributed by atoms with Crippen LogP contribution in [0.25, 0.3) is 5.69 Å². The highest BCUT2D eigenvalue weighted by Gasteiger charge is 2.12. The molecule has 23 heavy (non-hydrogen) atoms. The maximum absolute atomic E-state index is 9.29. The number of aromatic hydroxyl groups is 1. The van der Waals surface area contributed by atoms with Crippen molar-refractivity contribution in [1.29, 1.82) is 0 Å². The van der Waals surface area contributed by atoms with E-state index in [-0.39, 0.29) is 5.75 Å². The molecule has 0 spiro atoms. The molecule has 6 heteroatoms. The van der Waals surface area contributed by atoms with Crippen molar-refractivity contribution in [1.82, 2.24) is 9.78 Å². The summed E-state index contributed by atoms with van der Waals surface area (Å²) in [5.41, 5.74) is 3.93. The van der Waals surface area contributed by atoms with E-state index in [1.807, 2.05) is 38.1 Å². The van der Waals surface area contributed by atoms with Crippen molar-refractivity contribution in [3.05, 3.63) is 64.9 Å². The summed E-state index contributed by atoms with van der Waals surface area (Å²) in [4.78, 5) is 0. The third kappa shape index (κ3) is 3.24. The van der Waals surface area contributed by atoms with E-state index in [0.29, 0.717) is 10.7 Å². The first-order chi connectivity index (χ1) is 11.0. The van der Waals surface area contributed by atoms with Crippen LogP contribution in [0.2, 0.25) is 5.02 Å². The highest BCUT2D eigenvalue weighted by atomic mass is 35.5. The Morgan fingerprint density at radius 3 is 2.48 bits per heavy atom. The Morgan fingerprint density at radius 2 is 1.78 bits per heavy atom. The first kappa shape index (κ1) is 15.2. The number of benzene rings is 2. The molecule has 2 aromatic carbocycles. The zero-order valence-corrected chi connectivity index (χ0v) is 13.5. The van der Waals surface area contributed by atoms with Crippen molar-refractivity contribution >= 4 is 23.0 Å². The van der Waals surface area contributed by atoms with E-state index < -0.39 is 0 Å². The summed E-state index contributed by atoms with van der Waals surface area (Å²) in [6.07, 6.45) is 0.